The fourth-order valence-corrected chi connectivity index (χ4v) is 3.55. The highest BCUT2D eigenvalue weighted by Gasteiger charge is 2.16. The molecule has 0 radical (unpaired) electrons. The number of nitrogens with one attached hydrogen (secondary N) is 2. The summed E-state index contributed by atoms with van der Waals surface area (Å²) in [5.41, 5.74) is 2.19. The van der Waals surface area contributed by atoms with E-state index in [1.165, 1.54) is 24.0 Å². The summed E-state index contributed by atoms with van der Waals surface area (Å²) in [5.74, 6) is 0.700. The van der Waals surface area contributed by atoms with Crippen LogP contribution in [0, 0.1) is 0 Å². The summed E-state index contributed by atoms with van der Waals surface area (Å²) in [7, 11) is 1.38. The Balaban J connectivity index is 0.00000312. The molecule has 138 valence electrons. The number of hydrogen-bond donors (Lipinski definition) is 2. The fraction of sp³-hybridized carbons (Fsp3) is 0.312. The Morgan fingerprint density at radius 3 is 2.16 bits per heavy atom. The molecule has 0 spiro atoms. The molecule has 1 aromatic heterocycles. The van der Waals surface area contributed by atoms with Gasteiger partial charge in [-0.15, -0.1) is 24.0 Å². The van der Waals surface area contributed by atoms with Gasteiger partial charge in [0.15, 0.2) is 5.96 Å². The van der Waals surface area contributed by atoms with Gasteiger partial charge in [-0.25, -0.2) is 12.7 Å². The van der Waals surface area contributed by atoms with Gasteiger partial charge in [0.1, 0.15) is 0 Å². The van der Waals surface area contributed by atoms with E-state index in [1.807, 2.05) is 5.38 Å². The van der Waals surface area contributed by atoms with E-state index in [9.17, 15) is 8.42 Å². The predicted octanol–water partition coefficient (Wildman–Crippen LogP) is 2.48. The third kappa shape index (κ3) is 6.24. The monoisotopic (exact) mass is 494 g/mol. The second kappa shape index (κ2) is 10.1. The van der Waals surface area contributed by atoms with E-state index in [4.69, 9.17) is 0 Å². The number of aliphatic imine (C=N–C) groups is 1. The van der Waals surface area contributed by atoms with Crippen molar-refractivity contribution in [3.05, 3.63) is 52.2 Å². The molecule has 0 saturated carbocycles. The van der Waals surface area contributed by atoms with Crippen LogP contribution in [-0.4, -0.2) is 39.8 Å². The summed E-state index contributed by atoms with van der Waals surface area (Å²) in [4.78, 5) is 4.47. The molecule has 0 aliphatic heterocycles. The molecule has 6 nitrogen and oxygen atoms in total. The summed E-state index contributed by atoms with van der Waals surface area (Å²) >= 11 is 1.66. The normalized spacial score (nSPS) is 11.9. The first kappa shape index (κ1) is 21.9. The van der Waals surface area contributed by atoms with Crippen LogP contribution in [0.2, 0.25) is 0 Å². The van der Waals surface area contributed by atoms with Crippen LogP contribution in [0.3, 0.4) is 0 Å². The van der Waals surface area contributed by atoms with Crippen molar-refractivity contribution in [3.63, 3.8) is 0 Å². The van der Waals surface area contributed by atoms with Gasteiger partial charge in [0, 0.05) is 34.2 Å². The first-order chi connectivity index (χ1) is 11.4. The summed E-state index contributed by atoms with van der Waals surface area (Å²) in [6, 6.07) is 8.90. The number of rotatable bonds is 6. The summed E-state index contributed by atoms with van der Waals surface area (Å²) < 4.78 is 25.3. The molecule has 0 atom stereocenters. The van der Waals surface area contributed by atoms with Gasteiger partial charge in [-0.3, -0.25) is 4.99 Å². The minimum Gasteiger partial charge on any atom is -0.352 e. The molecular formula is C16H23IN4O2S2. The SMILES string of the molecule is CN=C(NCc1ccc(S(=O)(=O)N(C)C)cc1)NCc1ccsc1.I. The molecule has 0 fully saturated rings. The van der Waals surface area contributed by atoms with Gasteiger partial charge in [0.05, 0.1) is 4.90 Å². The molecule has 0 amide bonds. The van der Waals surface area contributed by atoms with Gasteiger partial charge in [0.2, 0.25) is 10.0 Å². The van der Waals surface area contributed by atoms with Crippen LogP contribution in [0.5, 0.6) is 0 Å². The number of halogens is 1. The van der Waals surface area contributed by atoms with E-state index in [0.717, 1.165) is 5.56 Å². The number of thiophene rings is 1. The van der Waals surface area contributed by atoms with Crippen LogP contribution in [0.1, 0.15) is 11.1 Å². The molecule has 0 aliphatic rings. The van der Waals surface area contributed by atoms with Crippen molar-refractivity contribution in [1.29, 1.82) is 0 Å². The zero-order valence-corrected chi connectivity index (χ0v) is 18.4. The van der Waals surface area contributed by atoms with Crippen LogP contribution < -0.4 is 10.6 Å². The smallest absolute Gasteiger partial charge is 0.242 e. The van der Waals surface area contributed by atoms with Crippen molar-refractivity contribution in [1.82, 2.24) is 14.9 Å². The Hall–Kier alpha value is -1.17. The summed E-state index contributed by atoms with van der Waals surface area (Å²) in [6.45, 7) is 1.27. The number of guanidine groups is 1. The molecule has 2 aromatic rings. The number of nitrogens with zero attached hydrogens (tertiary/aromatic N) is 2. The van der Waals surface area contributed by atoms with Gasteiger partial charge in [0.25, 0.3) is 0 Å². The van der Waals surface area contributed by atoms with Crippen LogP contribution >= 0.6 is 35.3 Å². The summed E-state index contributed by atoms with van der Waals surface area (Å²) in [5, 5.41) is 10.6. The highest BCUT2D eigenvalue weighted by atomic mass is 127. The molecule has 9 heteroatoms. The molecular weight excluding hydrogens is 471 g/mol. The van der Waals surface area contributed by atoms with E-state index >= 15 is 0 Å². The number of sulfonamides is 1. The Kier molecular flexibility index (Phi) is 8.83. The maximum Gasteiger partial charge on any atom is 0.242 e. The maximum atomic E-state index is 12.0. The van der Waals surface area contributed by atoms with Crippen molar-refractivity contribution in [2.45, 2.75) is 18.0 Å². The van der Waals surface area contributed by atoms with Crippen LogP contribution in [-0.2, 0) is 23.1 Å². The van der Waals surface area contributed by atoms with E-state index in [2.05, 4.69) is 27.1 Å². The van der Waals surface area contributed by atoms with E-state index in [0.29, 0.717) is 19.0 Å². The van der Waals surface area contributed by atoms with E-state index < -0.39 is 10.0 Å². The Morgan fingerprint density at radius 1 is 1.08 bits per heavy atom. The third-order valence-electron chi connectivity index (χ3n) is 3.43. The first-order valence-electron chi connectivity index (χ1n) is 7.40. The van der Waals surface area contributed by atoms with Crippen molar-refractivity contribution < 1.29 is 8.42 Å². The van der Waals surface area contributed by atoms with E-state index in [-0.39, 0.29) is 28.9 Å². The van der Waals surface area contributed by atoms with Crippen molar-refractivity contribution in [2.24, 2.45) is 4.99 Å². The second-order valence-corrected chi connectivity index (χ2v) is 8.27. The van der Waals surface area contributed by atoms with Gasteiger partial charge >= 0.3 is 0 Å². The quantitative estimate of drug-likeness (QED) is 0.368. The lowest BCUT2D eigenvalue weighted by Crippen LogP contribution is -2.36. The maximum absolute atomic E-state index is 12.0. The zero-order chi connectivity index (χ0) is 17.6. The van der Waals surface area contributed by atoms with Crippen molar-refractivity contribution >= 4 is 51.3 Å². The highest BCUT2D eigenvalue weighted by Crippen LogP contribution is 2.13. The lowest BCUT2D eigenvalue weighted by molar-refractivity contribution is 0.520. The van der Waals surface area contributed by atoms with Crippen molar-refractivity contribution in [3.8, 4) is 0 Å². The lowest BCUT2D eigenvalue weighted by Gasteiger charge is -2.13. The molecule has 2 N–H and O–H groups in total. The van der Waals surface area contributed by atoms with Gasteiger partial charge in [-0.05, 0) is 40.1 Å². The zero-order valence-electron chi connectivity index (χ0n) is 14.4. The van der Waals surface area contributed by atoms with Gasteiger partial charge in [-0.1, -0.05) is 12.1 Å². The Bertz CT molecular complexity index is 773. The molecule has 25 heavy (non-hydrogen) atoms. The Morgan fingerprint density at radius 2 is 1.68 bits per heavy atom. The third-order valence-corrected chi connectivity index (χ3v) is 5.99. The molecule has 0 saturated heterocycles. The van der Waals surface area contributed by atoms with Crippen LogP contribution in [0.4, 0.5) is 0 Å². The molecule has 1 heterocycles. The predicted molar refractivity (Wildman–Crippen MR) is 114 cm³/mol. The minimum atomic E-state index is -3.39. The topological polar surface area (TPSA) is 73.8 Å². The number of hydrogen-bond acceptors (Lipinski definition) is 4. The van der Waals surface area contributed by atoms with Crippen LogP contribution in [0.15, 0.2) is 51.0 Å². The highest BCUT2D eigenvalue weighted by molar-refractivity contribution is 14.0. The molecule has 0 aliphatic carbocycles. The Labute approximate surface area is 170 Å². The second-order valence-electron chi connectivity index (χ2n) is 5.34. The average molecular weight is 494 g/mol. The molecule has 0 unspecified atom stereocenters. The van der Waals surface area contributed by atoms with E-state index in [1.54, 1.807) is 42.6 Å². The number of benzene rings is 1. The fourth-order valence-electron chi connectivity index (χ4n) is 1.98. The van der Waals surface area contributed by atoms with Gasteiger partial charge < -0.3 is 10.6 Å². The van der Waals surface area contributed by atoms with Gasteiger partial charge in [-0.2, -0.15) is 11.3 Å². The summed E-state index contributed by atoms with van der Waals surface area (Å²) in [6.07, 6.45) is 0. The lowest BCUT2D eigenvalue weighted by atomic mass is 10.2. The van der Waals surface area contributed by atoms with Crippen molar-refractivity contribution in [2.75, 3.05) is 21.1 Å². The standard InChI is InChI=1S/C16H22N4O2S2.HI/c1-17-16(19-11-14-8-9-23-12-14)18-10-13-4-6-15(7-5-13)24(21,22)20(2)3;/h4-9,12H,10-11H2,1-3H3,(H2,17,18,19);1H. The molecule has 0 bridgehead atoms. The minimum absolute atomic E-state index is 0. The largest absolute Gasteiger partial charge is 0.352 e. The average Bonchev–Trinajstić information content (AvgIpc) is 3.08. The first-order valence-corrected chi connectivity index (χ1v) is 9.79. The molecule has 2 rings (SSSR count). The van der Waals surface area contributed by atoms with Crippen LogP contribution in [0.25, 0.3) is 0 Å². The molecule has 1 aromatic carbocycles.